The minimum atomic E-state index is -0.376. The molecule has 3 heteroatoms. The average molecular weight is 1440 g/mol. The molecular formula is C108H99NO2. The molecule has 0 saturated heterocycles. The number of anilines is 3. The molecular weight excluding hydrogens is 1340 g/mol. The fourth-order valence-electron chi connectivity index (χ4n) is 22.8. The van der Waals surface area contributed by atoms with E-state index in [-0.39, 0.29) is 32.5 Å². The summed E-state index contributed by atoms with van der Waals surface area (Å²) in [7, 11) is 0. The second-order valence-corrected chi connectivity index (χ2v) is 36.5. The van der Waals surface area contributed by atoms with E-state index < -0.39 is 0 Å². The first-order chi connectivity index (χ1) is 53.7. The highest BCUT2D eigenvalue weighted by Crippen LogP contribution is 2.66. The Labute approximate surface area is 655 Å². The number of benzene rings is 13. The zero-order valence-electron chi connectivity index (χ0n) is 66.8. The molecule has 15 aromatic rings. The van der Waals surface area contributed by atoms with Crippen molar-refractivity contribution in [1.29, 1.82) is 0 Å². The van der Waals surface area contributed by atoms with E-state index in [4.69, 9.17) is 8.83 Å². The topological polar surface area (TPSA) is 29.5 Å². The number of fused-ring (bicyclic) bond motifs is 28. The standard InChI is InChI=1S/C108H99NO2/c1-13-15-17-19-29-55-108(56-30-20-18-16-14-2)83-36-26-21-31-71(83)74-50-43-67(59-91(74)108)66-42-49-73-72-48-41-65(57-85(72)104(5,6)86(73)58-66)64-39-44-68(45-40-64)109(69-46-51-75-80-62-90-81(63-89(80)105(7,8)87(75)60-69)95-84(103(90,3)4)53-54-94-96(95)78-33-23-27-37-92(78)110-94)70-47-52-77-88(61-70)107(11,12)100-97(77)98-79-34-24-28-38-93(79)111-102(98)99-76-32-22-25-35-82(76)106(9,10)101(99)100/h21-28,31-54,57-63H,13-20,29-30,55-56H2,1-12H3. The van der Waals surface area contributed by atoms with Gasteiger partial charge in [0.25, 0.3) is 0 Å². The second kappa shape index (κ2) is 24.4. The number of unbranched alkanes of at least 4 members (excludes halogenated alkanes) is 8. The van der Waals surface area contributed by atoms with Crippen molar-refractivity contribution in [2.75, 3.05) is 4.90 Å². The molecule has 0 bridgehead atoms. The second-order valence-electron chi connectivity index (χ2n) is 36.5. The maximum Gasteiger partial charge on any atom is 0.144 e. The van der Waals surface area contributed by atoms with Gasteiger partial charge in [-0.05, 0) is 248 Å². The van der Waals surface area contributed by atoms with Crippen LogP contribution < -0.4 is 4.90 Å². The molecule has 0 unspecified atom stereocenters. The Bertz CT molecular complexity index is 6450. The van der Waals surface area contributed by atoms with Gasteiger partial charge in [-0.15, -0.1) is 0 Å². The fraction of sp³-hybridized carbons (Fsp3) is 0.278. The maximum absolute atomic E-state index is 7.14. The molecule has 21 rings (SSSR count). The molecule has 2 aromatic heterocycles. The van der Waals surface area contributed by atoms with Gasteiger partial charge in [0.2, 0.25) is 0 Å². The number of rotatable bonds is 17. The van der Waals surface area contributed by atoms with Crippen LogP contribution in [-0.4, -0.2) is 0 Å². The number of hydrogen-bond donors (Lipinski definition) is 0. The van der Waals surface area contributed by atoms with Crippen molar-refractivity contribution >= 4 is 60.9 Å². The molecule has 0 aliphatic heterocycles. The number of hydrogen-bond acceptors (Lipinski definition) is 3. The summed E-state index contributed by atoms with van der Waals surface area (Å²) in [4.78, 5) is 2.55. The normalized spacial score (nSPS) is 16.3. The molecule has 111 heavy (non-hydrogen) atoms. The van der Waals surface area contributed by atoms with Gasteiger partial charge in [0, 0.05) is 76.7 Å². The van der Waals surface area contributed by atoms with Crippen molar-refractivity contribution in [2.24, 2.45) is 0 Å². The van der Waals surface area contributed by atoms with Crippen molar-refractivity contribution in [3.8, 4) is 89.0 Å². The quantitative estimate of drug-likeness (QED) is 0.0851. The number of nitrogens with zero attached hydrogens (tertiary/aromatic N) is 1. The van der Waals surface area contributed by atoms with E-state index in [9.17, 15) is 0 Å². The van der Waals surface area contributed by atoms with Crippen molar-refractivity contribution in [3.63, 3.8) is 0 Å². The van der Waals surface area contributed by atoms with Crippen molar-refractivity contribution in [3.05, 3.63) is 303 Å². The van der Waals surface area contributed by atoms with Gasteiger partial charge in [0.15, 0.2) is 0 Å². The first kappa shape index (κ1) is 68.3. The lowest BCUT2D eigenvalue weighted by Gasteiger charge is -2.33. The van der Waals surface area contributed by atoms with Crippen LogP contribution in [0.1, 0.15) is 227 Å². The number of para-hydroxylation sites is 2. The van der Waals surface area contributed by atoms with Crippen LogP contribution in [0.25, 0.3) is 133 Å². The third-order valence-electron chi connectivity index (χ3n) is 28.5. The van der Waals surface area contributed by atoms with Crippen LogP contribution >= 0.6 is 0 Å². The lowest BCUT2D eigenvalue weighted by molar-refractivity contribution is 0.399. The first-order valence-corrected chi connectivity index (χ1v) is 41.7. The van der Waals surface area contributed by atoms with E-state index in [1.165, 1.54) is 243 Å². The van der Waals surface area contributed by atoms with Crippen molar-refractivity contribution in [1.82, 2.24) is 0 Å². The van der Waals surface area contributed by atoms with Gasteiger partial charge in [-0.2, -0.15) is 0 Å². The molecule has 13 aromatic carbocycles. The Morgan fingerprint density at radius 2 is 0.685 bits per heavy atom. The summed E-state index contributed by atoms with van der Waals surface area (Å²) < 4.78 is 13.7. The molecule has 3 nitrogen and oxygen atoms in total. The molecule has 0 N–H and O–H groups in total. The van der Waals surface area contributed by atoms with Crippen LogP contribution in [0.15, 0.2) is 245 Å². The fourth-order valence-corrected chi connectivity index (χ4v) is 22.8. The van der Waals surface area contributed by atoms with Gasteiger partial charge < -0.3 is 13.7 Å². The van der Waals surface area contributed by atoms with Gasteiger partial charge in [-0.3, -0.25) is 0 Å². The van der Waals surface area contributed by atoms with E-state index in [2.05, 4.69) is 325 Å². The average Bonchev–Trinajstić information content (AvgIpc) is 1.50. The first-order valence-electron chi connectivity index (χ1n) is 41.7. The molecule has 6 aliphatic rings. The molecule has 0 spiro atoms. The summed E-state index contributed by atoms with van der Waals surface area (Å²) in [6, 6.07) is 92.0. The summed E-state index contributed by atoms with van der Waals surface area (Å²) in [6.07, 6.45) is 15.5. The van der Waals surface area contributed by atoms with Crippen LogP contribution in [0.5, 0.6) is 0 Å². The smallest absolute Gasteiger partial charge is 0.144 e. The van der Waals surface area contributed by atoms with Crippen LogP contribution in [0.4, 0.5) is 17.1 Å². The highest BCUT2D eigenvalue weighted by atomic mass is 16.3. The van der Waals surface area contributed by atoms with Gasteiger partial charge >= 0.3 is 0 Å². The Morgan fingerprint density at radius 1 is 0.261 bits per heavy atom. The van der Waals surface area contributed by atoms with E-state index in [1.54, 1.807) is 11.1 Å². The summed E-state index contributed by atoms with van der Waals surface area (Å²) in [5, 5.41) is 4.79. The minimum Gasteiger partial charge on any atom is -0.456 e. The summed E-state index contributed by atoms with van der Waals surface area (Å²) in [5.74, 6) is 0. The zero-order valence-corrected chi connectivity index (χ0v) is 66.8. The summed E-state index contributed by atoms with van der Waals surface area (Å²) in [5.41, 5.74) is 43.8. The SMILES string of the molecule is CCCCCCCC1(CCCCCCC)c2ccccc2-c2ccc(-c3ccc4c(c3)C(C)(C)c3cc(-c5ccc(N(c6ccc7c(c6)C(C)(C)c6cc8c(cc6-7)C(C)(C)c6ccc7oc9ccccc9c7c6-8)c6ccc7c(c6)C(C)(C)c6c8c(c9oc%10ccccc%10c9c6-7)-c6ccccc6C8(C)C)cc5)ccc3-4)cc21. The summed E-state index contributed by atoms with van der Waals surface area (Å²) >= 11 is 0. The van der Waals surface area contributed by atoms with Crippen LogP contribution in [-0.2, 0) is 32.5 Å². The molecule has 0 amide bonds. The minimum absolute atomic E-state index is 0.0366. The number of furan rings is 2. The lowest BCUT2D eigenvalue weighted by Crippen LogP contribution is -2.25. The van der Waals surface area contributed by atoms with E-state index in [0.717, 1.165) is 39.4 Å². The monoisotopic (exact) mass is 1440 g/mol. The Morgan fingerprint density at radius 3 is 1.33 bits per heavy atom. The molecule has 6 aliphatic carbocycles. The summed E-state index contributed by atoms with van der Waals surface area (Å²) in [6.45, 7) is 29.2. The predicted molar refractivity (Wildman–Crippen MR) is 467 cm³/mol. The van der Waals surface area contributed by atoms with Gasteiger partial charge in [0.05, 0.1) is 0 Å². The highest BCUT2D eigenvalue weighted by Gasteiger charge is 2.50. The third kappa shape index (κ3) is 9.57. The van der Waals surface area contributed by atoms with Gasteiger partial charge in [-0.1, -0.05) is 299 Å². The molecule has 2 heterocycles. The molecule has 0 saturated carbocycles. The van der Waals surface area contributed by atoms with E-state index in [0.29, 0.717) is 0 Å². The van der Waals surface area contributed by atoms with Crippen molar-refractivity contribution in [2.45, 2.75) is 193 Å². The largest absolute Gasteiger partial charge is 0.456 e. The Kier molecular flexibility index (Phi) is 15.0. The lowest BCUT2D eigenvalue weighted by atomic mass is 9.70. The Balaban J connectivity index is 0.664. The zero-order chi connectivity index (χ0) is 75.6. The Hall–Kier alpha value is -10.7. The molecule has 0 radical (unpaired) electrons. The van der Waals surface area contributed by atoms with Crippen LogP contribution in [0.2, 0.25) is 0 Å². The van der Waals surface area contributed by atoms with Gasteiger partial charge in [-0.25, -0.2) is 0 Å². The molecule has 548 valence electrons. The molecule has 0 atom stereocenters. The third-order valence-corrected chi connectivity index (χ3v) is 28.5. The molecule has 0 fully saturated rings. The van der Waals surface area contributed by atoms with E-state index in [1.807, 2.05) is 0 Å². The van der Waals surface area contributed by atoms with Crippen molar-refractivity contribution < 1.29 is 8.83 Å². The van der Waals surface area contributed by atoms with Crippen LogP contribution in [0.3, 0.4) is 0 Å². The highest BCUT2D eigenvalue weighted by molar-refractivity contribution is 6.21. The van der Waals surface area contributed by atoms with Gasteiger partial charge in [0.1, 0.15) is 22.3 Å². The maximum atomic E-state index is 7.14. The van der Waals surface area contributed by atoms with Crippen LogP contribution in [0, 0.1) is 0 Å². The van der Waals surface area contributed by atoms with E-state index >= 15 is 0 Å². The predicted octanol–water partition coefficient (Wildman–Crippen LogP) is 30.8.